The Bertz CT molecular complexity index is 727. The van der Waals surface area contributed by atoms with Crippen LogP contribution in [0.5, 0.6) is 11.5 Å². The standard InChI is InChI=1S/C18H18FNO2/c1-11(20)16-8-7-12-9-13(19)10-15(18(12)22-16)14-5-3-4-6-17(14)21-2/h3-6,9-10,16H,1,7-8,20H2,2H3/t16-/m1/s1. The third-order valence-corrected chi connectivity index (χ3v) is 3.88. The summed E-state index contributed by atoms with van der Waals surface area (Å²) in [6, 6.07) is 10.5. The van der Waals surface area contributed by atoms with E-state index in [4.69, 9.17) is 15.2 Å². The first-order valence-electron chi connectivity index (χ1n) is 7.17. The van der Waals surface area contributed by atoms with Crippen LogP contribution >= 0.6 is 0 Å². The van der Waals surface area contributed by atoms with Crippen molar-refractivity contribution >= 4 is 0 Å². The number of fused-ring (bicyclic) bond motifs is 1. The summed E-state index contributed by atoms with van der Waals surface area (Å²) >= 11 is 0. The van der Waals surface area contributed by atoms with Crippen molar-refractivity contribution in [3.63, 3.8) is 0 Å². The number of ether oxygens (including phenoxy) is 2. The van der Waals surface area contributed by atoms with Gasteiger partial charge in [0, 0.05) is 16.8 Å². The maximum Gasteiger partial charge on any atom is 0.138 e. The van der Waals surface area contributed by atoms with Crippen molar-refractivity contribution in [2.45, 2.75) is 18.9 Å². The molecule has 0 radical (unpaired) electrons. The quantitative estimate of drug-likeness (QED) is 0.940. The Hall–Kier alpha value is -2.49. The lowest BCUT2D eigenvalue weighted by atomic mass is 9.94. The van der Waals surface area contributed by atoms with Crippen molar-refractivity contribution < 1.29 is 13.9 Å². The largest absolute Gasteiger partial charge is 0.496 e. The molecule has 1 heterocycles. The molecular weight excluding hydrogens is 281 g/mol. The monoisotopic (exact) mass is 299 g/mol. The molecule has 2 aromatic rings. The number of methoxy groups -OCH3 is 1. The van der Waals surface area contributed by atoms with Crippen LogP contribution in [0, 0.1) is 5.82 Å². The summed E-state index contributed by atoms with van der Waals surface area (Å²) in [5.74, 6) is 1.05. The fraction of sp³-hybridized carbons (Fsp3) is 0.222. The predicted molar refractivity (Wildman–Crippen MR) is 84.5 cm³/mol. The average molecular weight is 299 g/mol. The van der Waals surface area contributed by atoms with Crippen molar-refractivity contribution in [1.82, 2.24) is 0 Å². The number of para-hydroxylation sites is 1. The summed E-state index contributed by atoms with van der Waals surface area (Å²) in [6.45, 7) is 3.76. The summed E-state index contributed by atoms with van der Waals surface area (Å²) < 4.78 is 25.4. The molecule has 114 valence electrons. The predicted octanol–water partition coefficient (Wildman–Crippen LogP) is 3.67. The second kappa shape index (κ2) is 5.72. The molecule has 2 N–H and O–H groups in total. The molecule has 1 atom stereocenters. The zero-order valence-electron chi connectivity index (χ0n) is 12.4. The molecule has 3 rings (SSSR count). The van der Waals surface area contributed by atoms with E-state index in [2.05, 4.69) is 6.58 Å². The van der Waals surface area contributed by atoms with Crippen LogP contribution in [0.15, 0.2) is 48.7 Å². The highest BCUT2D eigenvalue weighted by Gasteiger charge is 2.25. The smallest absolute Gasteiger partial charge is 0.138 e. The maximum atomic E-state index is 14.0. The summed E-state index contributed by atoms with van der Waals surface area (Å²) in [4.78, 5) is 0. The zero-order chi connectivity index (χ0) is 15.7. The molecular formula is C18H18FNO2. The highest BCUT2D eigenvalue weighted by atomic mass is 19.1. The van der Waals surface area contributed by atoms with Crippen LogP contribution in [0.3, 0.4) is 0 Å². The minimum Gasteiger partial charge on any atom is -0.496 e. The number of benzene rings is 2. The highest BCUT2D eigenvalue weighted by Crippen LogP contribution is 2.42. The van der Waals surface area contributed by atoms with Gasteiger partial charge in [0.25, 0.3) is 0 Å². The van der Waals surface area contributed by atoms with E-state index in [0.717, 1.165) is 11.1 Å². The molecule has 4 heteroatoms. The van der Waals surface area contributed by atoms with Gasteiger partial charge in [-0.2, -0.15) is 0 Å². The molecule has 1 aliphatic heterocycles. The Balaban J connectivity index is 2.16. The number of halogens is 1. The summed E-state index contributed by atoms with van der Waals surface area (Å²) in [5, 5.41) is 0. The molecule has 0 amide bonds. The van der Waals surface area contributed by atoms with Gasteiger partial charge in [-0.15, -0.1) is 0 Å². The van der Waals surface area contributed by atoms with Gasteiger partial charge in [-0.05, 0) is 36.6 Å². The second-order valence-electron chi connectivity index (χ2n) is 5.36. The third kappa shape index (κ3) is 2.52. The van der Waals surface area contributed by atoms with E-state index >= 15 is 0 Å². The number of aryl methyl sites for hydroxylation is 1. The van der Waals surface area contributed by atoms with E-state index in [1.165, 1.54) is 12.1 Å². The van der Waals surface area contributed by atoms with E-state index in [0.29, 0.717) is 35.6 Å². The van der Waals surface area contributed by atoms with Crippen LogP contribution in [-0.2, 0) is 6.42 Å². The van der Waals surface area contributed by atoms with Gasteiger partial charge in [-0.1, -0.05) is 24.8 Å². The van der Waals surface area contributed by atoms with Crippen molar-refractivity contribution in [2.24, 2.45) is 5.73 Å². The lowest BCUT2D eigenvalue weighted by molar-refractivity contribution is 0.207. The molecule has 0 spiro atoms. The molecule has 0 bridgehead atoms. The Morgan fingerprint density at radius 3 is 2.82 bits per heavy atom. The normalized spacial score (nSPS) is 16.5. The number of rotatable bonds is 3. The van der Waals surface area contributed by atoms with Gasteiger partial charge in [0.2, 0.25) is 0 Å². The zero-order valence-corrected chi connectivity index (χ0v) is 12.4. The SMILES string of the molecule is C=C(N)[C@H]1CCc2cc(F)cc(-c3ccccc3OC)c2O1. The Labute approximate surface area is 129 Å². The first-order chi connectivity index (χ1) is 10.6. The van der Waals surface area contributed by atoms with Crippen LogP contribution in [0.2, 0.25) is 0 Å². The minimum absolute atomic E-state index is 0.244. The molecule has 22 heavy (non-hydrogen) atoms. The van der Waals surface area contributed by atoms with E-state index < -0.39 is 0 Å². The van der Waals surface area contributed by atoms with Crippen LogP contribution in [0.4, 0.5) is 4.39 Å². The third-order valence-electron chi connectivity index (χ3n) is 3.88. The maximum absolute atomic E-state index is 14.0. The fourth-order valence-corrected chi connectivity index (χ4v) is 2.79. The molecule has 0 aliphatic carbocycles. The van der Waals surface area contributed by atoms with E-state index in [-0.39, 0.29) is 11.9 Å². The minimum atomic E-state index is -0.284. The Kier molecular flexibility index (Phi) is 3.75. The Morgan fingerprint density at radius 1 is 1.32 bits per heavy atom. The average Bonchev–Trinajstić information content (AvgIpc) is 2.53. The van der Waals surface area contributed by atoms with Crippen LogP contribution in [0.1, 0.15) is 12.0 Å². The molecule has 0 saturated carbocycles. The van der Waals surface area contributed by atoms with Crippen molar-refractivity contribution in [2.75, 3.05) is 7.11 Å². The lowest BCUT2D eigenvalue weighted by Gasteiger charge is -2.28. The Morgan fingerprint density at radius 2 is 2.09 bits per heavy atom. The first-order valence-corrected chi connectivity index (χ1v) is 7.17. The van der Waals surface area contributed by atoms with Gasteiger partial charge in [-0.3, -0.25) is 0 Å². The van der Waals surface area contributed by atoms with E-state index in [1.807, 2.05) is 24.3 Å². The number of hydrogen-bond acceptors (Lipinski definition) is 3. The van der Waals surface area contributed by atoms with Crippen LogP contribution in [0.25, 0.3) is 11.1 Å². The number of hydrogen-bond donors (Lipinski definition) is 1. The summed E-state index contributed by atoms with van der Waals surface area (Å²) in [6.07, 6.45) is 1.17. The van der Waals surface area contributed by atoms with Crippen LogP contribution in [-0.4, -0.2) is 13.2 Å². The summed E-state index contributed by atoms with van der Waals surface area (Å²) in [7, 11) is 1.59. The molecule has 1 aliphatic rings. The molecule has 0 fully saturated rings. The topological polar surface area (TPSA) is 44.5 Å². The second-order valence-corrected chi connectivity index (χ2v) is 5.36. The van der Waals surface area contributed by atoms with E-state index in [1.54, 1.807) is 7.11 Å². The van der Waals surface area contributed by atoms with Gasteiger partial charge in [0.05, 0.1) is 7.11 Å². The molecule has 0 unspecified atom stereocenters. The van der Waals surface area contributed by atoms with Crippen molar-refractivity contribution in [3.05, 3.63) is 60.1 Å². The van der Waals surface area contributed by atoms with Gasteiger partial charge in [0.15, 0.2) is 0 Å². The highest BCUT2D eigenvalue weighted by molar-refractivity contribution is 5.77. The van der Waals surface area contributed by atoms with Crippen molar-refractivity contribution in [1.29, 1.82) is 0 Å². The van der Waals surface area contributed by atoms with Gasteiger partial charge >= 0.3 is 0 Å². The summed E-state index contributed by atoms with van der Waals surface area (Å²) in [5.41, 5.74) is 8.59. The van der Waals surface area contributed by atoms with E-state index in [9.17, 15) is 4.39 Å². The molecule has 0 aromatic heterocycles. The number of nitrogens with two attached hydrogens (primary N) is 1. The van der Waals surface area contributed by atoms with Crippen molar-refractivity contribution in [3.8, 4) is 22.6 Å². The fourth-order valence-electron chi connectivity index (χ4n) is 2.79. The van der Waals surface area contributed by atoms with Crippen LogP contribution < -0.4 is 15.2 Å². The van der Waals surface area contributed by atoms with Gasteiger partial charge in [0.1, 0.15) is 23.4 Å². The van der Waals surface area contributed by atoms with Gasteiger partial charge in [-0.25, -0.2) is 4.39 Å². The molecule has 2 aromatic carbocycles. The lowest BCUT2D eigenvalue weighted by Crippen LogP contribution is -2.28. The molecule has 3 nitrogen and oxygen atoms in total. The molecule has 0 saturated heterocycles. The van der Waals surface area contributed by atoms with Gasteiger partial charge < -0.3 is 15.2 Å². The first kappa shape index (κ1) is 14.4.